The lowest BCUT2D eigenvalue weighted by atomic mass is 9.92. The van der Waals surface area contributed by atoms with E-state index in [2.05, 4.69) is 249 Å². The van der Waals surface area contributed by atoms with Gasteiger partial charge in [-0.2, -0.15) is 5.26 Å². The van der Waals surface area contributed by atoms with Gasteiger partial charge in [-0.1, -0.05) is 176 Å². The summed E-state index contributed by atoms with van der Waals surface area (Å²) in [5.41, 5.74) is 14.3. The van der Waals surface area contributed by atoms with E-state index in [1.165, 1.54) is 0 Å². The maximum absolute atomic E-state index is 12.4. The minimum absolute atomic E-state index is 0.575. The van der Waals surface area contributed by atoms with Crippen LogP contribution in [0.3, 0.4) is 0 Å². The molecule has 0 fully saturated rings. The molecule has 0 N–H and O–H groups in total. The molecule has 0 atom stereocenters. The van der Waals surface area contributed by atoms with Crippen molar-refractivity contribution < 1.29 is 0 Å². The van der Waals surface area contributed by atoms with Crippen LogP contribution in [0.5, 0.6) is 0 Å². The van der Waals surface area contributed by atoms with Crippen LogP contribution in [-0.2, 0) is 0 Å². The molecule has 0 amide bonds. The molecule has 5 nitrogen and oxygen atoms in total. The number of hydrogen-bond donors (Lipinski definition) is 0. The van der Waals surface area contributed by atoms with Gasteiger partial charge in [0.15, 0.2) is 0 Å². The number of benzene rings is 10. The lowest BCUT2D eigenvalue weighted by Crippen LogP contribution is -2.16. The third-order valence-corrected chi connectivity index (χ3v) is 13.8. The Bertz CT molecular complexity index is 4150. The molecule has 0 aliphatic carbocycles. The van der Waals surface area contributed by atoms with Crippen LogP contribution >= 0.6 is 0 Å². The number of hydrogen-bond acceptors (Lipinski definition) is 1. The van der Waals surface area contributed by atoms with Gasteiger partial charge in [0, 0.05) is 48.7 Å². The number of nitrogens with zero attached hydrogens (tertiary/aromatic N) is 5. The van der Waals surface area contributed by atoms with Crippen LogP contribution in [0.25, 0.3) is 121 Å². The smallest absolute Gasteiger partial charge is 0.102 e. The number of rotatable bonds is 5. The molecular formula is C61H37N5. The standard InChI is InChI=1S/C61H37N5/c62-38-48-57(39-20-2-1-3-21-39)59(64-51-32-14-6-24-42(51)43-25-7-15-33-52(43)64)61(66-55-36-18-10-28-46(55)47-29-11-19-37-56(47)66)60(65-53-34-16-8-26-44(53)45-27-9-17-35-54(45)65)58(48)63-49-30-12-4-22-40(49)41-23-5-13-31-50(41)63/h1-37H. The van der Waals surface area contributed by atoms with Gasteiger partial charge in [-0.05, 0) is 54.1 Å². The van der Waals surface area contributed by atoms with Crippen molar-refractivity contribution in [3.8, 4) is 39.9 Å². The highest BCUT2D eigenvalue weighted by Crippen LogP contribution is 2.51. The zero-order valence-corrected chi connectivity index (χ0v) is 35.6. The van der Waals surface area contributed by atoms with E-state index >= 15 is 0 Å². The van der Waals surface area contributed by atoms with E-state index < -0.39 is 0 Å². The molecule has 10 aromatic carbocycles. The van der Waals surface area contributed by atoms with E-state index in [0.29, 0.717) is 5.56 Å². The lowest BCUT2D eigenvalue weighted by molar-refractivity contribution is 1.02. The molecule has 4 heterocycles. The average Bonchev–Trinajstić information content (AvgIpc) is 4.11. The van der Waals surface area contributed by atoms with Crippen LogP contribution in [0.2, 0.25) is 0 Å². The van der Waals surface area contributed by atoms with Gasteiger partial charge in [0.1, 0.15) is 6.07 Å². The third-order valence-electron chi connectivity index (χ3n) is 13.8. The molecule has 0 bridgehead atoms. The van der Waals surface area contributed by atoms with Gasteiger partial charge in [-0.3, -0.25) is 0 Å². The van der Waals surface area contributed by atoms with Crippen molar-refractivity contribution in [2.75, 3.05) is 0 Å². The molecule has 4 aromatic heterocycles. The first kappa shape index (κ1) is 36.4. The summed E-state index contributed by atoms with van der Waals surface area (Å²) in [4.78, 5) is 0. The fourth-order valence-corrected chi connectivity index (χ4v) is 11.2. The van der Waals surface area contributed by atoms with E-state index in [1.807, 2.05) is 0 Å². The van der Waals surface area contributed by atoms with Crippen molar-refractivity contribution >= 4 is 87.2 Å². The summed E-state index contributed by atoms with van der Waals surface area (Å²) in [6.07, 6.45) is 0. The highest BCUT2D eigenvalue weighted by Gasteiger charge is 2.34. The van der Waals surface area contributed by atoms with Gasteiger partial charge in [0.25, 0.3) is 0 Å². The Labute approximate surface area is 379 Å². The number of nitriles is 1. The van der Waals surface area contributed by atoms with Gasteiger partial charge in [-0.15, -0.1) is 0 Å². The lowest BCUT2D eigenvalue weighted by Gasteiger charge is -2.29. The van der Waals surface area contributed by atoms with E-state index in [1.54, 1.807) is 0 Å². The second kappa shape index (κ2) is 13.9. The van der Waals surface area contributed by atoms with Gasteiger partial charge in [0.2, 0.25) is 0 Å². The molecule has 0 spiro atoms. The number of aromatic nitrogens is 4. The van der Waals surface area contributed by atoms with Crippen LogP contribution < -0.4 is 0 Å². The van der Waals surface area contributed by atoms with E-state index in [9.17, 15) is 5.26 Å². The largest absolute Gasteiger partial charge is 0.306 e. The maximum atomic E-state index is 12.4. The van der Waals surface area contributed by atoms with Gasteiger partial charge in [-0.25, -0.2) is 0 Å². The van der Waals surface area contributed by atoms with Gasteiger partial charge < -0.3 is 18.3 Å². The van der Waals surface area contributed by atoms with Crippen LogP contribution in [0.4, 0.5) is 0 Å². The van der Waals surface area contributed by atoms with Crippen molar-refractivity contribution in [3.05, 3.63) is 230 Å². The average molecular weight is 840 g/mol. The molecule has 0 saturated carbocycles. The van der Waals surface area contributed by atoms with E-state index in [4.69, 9.17) is 0 Å². The predicted molar refractivity (Wildman–Crippen MR) is 274 cm³/mol. The summed E-state index contributed by atoms with van der Waals surface area (Å²) in [7, 11) is 0. The molecule has 14 aromatic rings. The molecule has 0 radical (unpaired) electrons. The highest BCUT2D eigenvalue weighted by molar-refractivity contribution is 6.17. The topological polar surface area (TPSA) is 43.5 Å². The monoisotopic (exact) mass is 839 g/mol. The number of fused-ring (bicyclic) bond motifs is 12. The Morgan fingerprint density at radius 2 is 0.470 bits per heavy atom. The van der Waals surface area contributed by atoms with Crippen LogP contribution in [0.15, 0.2) is 224 Å². The molecule has 0 unspecified atom stereocenters. The Morgan fingerprint density at radius 3 is 0.758 bits per heavy atom. The van der Waals surface area contributed by atoms with Crippen LogP contribution in [-0.4, -0.2) is 18.3 Å². The minimum atomic E-state index is 0.575. The molecule has 0 aliphatic heterocycles. The third kappa shape index (κ3) is 4.87. The van der Waals surface area contributed by atoms with Crippen LogP contribution in [0, 0.1) is 11.3 Å². The van der Waals surface area contributed by atoms with Crippen molar-refractivity contribution in [3.63, 3.8) is 0 Å². The van der Waals surface area contributed by atoms with Crippen molar-refractivity contribution in [1.82, 2.24) is 18.3 Å². The normalized spacial score (nSPS) is 11.9. The first-order chi connectivity index (χ1) is 32.8. The van der Waals surface area contributed by atoms with Crippen molar-refractivity contribution in [2.24, 2.45) is 0 Å². The Balaban J connectivity index is 1.38. The van der Waals surface area contributed by atoms with Crippen molar-refractivity contribution in [2.45, 2.75) is 0 Å². The molecule has 0 aliphatic rings. The SMILES string of the molecule is N#Cc1c(-c2ccccc2)c(-n2c3ccccc3c3ccccc32)c(-n2c3ccccc3c3ccccc32)c(-n2c3ccccc3c3ccccc32)c1-n1c2ccccc2c2ccccc21. The molecular weight excluding hydrogens is 803 g/mol. The summed E-state index contributed by atoms with van der Waals surface area (Å²) in [6.45, 7) is 0. The second-order valence-corrected chi connectivity index (χ2v) is 17.1. The van der Waals surface area contributed by atoms with Crippen molar-refractivity contribution in [1.29, 1.82) is 5.26 Å². The molecule has 66 heavy (non-hydrogen) atoms. The Hall–Kier alpha value is -9.11. The molecule has 5 heteroatoms. The number of para-hydroxylation sites is 8. The highest BCUT2D eigenvalue weighted by atomic mass is 15.1. The summed E-state index contributed by atoms with van der Waals surface area (Å²) >= 11 is 0. The summed E-state index contributed by atoms with van der Waals surface area (Å²) < 4.78 is 9.77. The zero-order chi connectivity index (χ0) is 43.5. The van der Waals surface area contributed by atoms with E-state index in [0.717, 1.165) is 121 Å². The molecule has 0 saturated heterocycles. The Kier molecular flexibility index (Phi) is 7.69. The molecule has 306 valence electrons. The van der Waals surface area contributed by atoms with Gasteiger partial charge >= 0.3 is 0 Å². The summed E-state index contributed by atoms with van der Waals surface area (Å²) in [5, 5.41) is 21.5. The van der Waals surface area contributed by atoms with E-state index in [-0.39, 0.29) is 0 Å². The first-order valence-electron chi connectivity index (χ1n) is 22.4. The minimum Gasteiger partial charge on any atom is -0.306 e. The maximum Gasteiger partial charge on any atom is 0.102 e. The fourth-order valence-electron chi connectivity index (χ4n) is 11.2. The quantitative estimate of drug-likeness (QED) is 0.170. The Morgan fingerprint density at radius 1 is 0.242 bits per heavy atom. The summed E-state index contributed by atoms with van der Waals surface area (Å²) in [6, 6.07) is 83.2. The summed E-state index contributed by atoms with van der Waals surface area (Å²) in [5.74, 6) is 0. The molecule has 14 rings (SSSR count). The zero-order valence-electron chi connectivity index (χ0n) is 35.6. The first-order valence-corrected chi connectivity index (χ1v) is 22.4. The second-order valence-electron chi connectivity index (χ2n) is 17.1. The fraction of sp³-hybridized carbons (Fsp3) is 0. The van der Waals surface area contributed by atoms with Crippen LogP contribution in [0.1, 0.15) is 5.56 Å². The predicted octanol–water partition coefficient (Wildman–Crippen LogP) is 15.6. The van der Waals surface area contributed by atoms with Gasteiger partial charge in [0.05, 0.1) is 72.4 Å².